The summed E-state index contributed by atoms with van der Waals surface area (Å²) in [5, 5.41) is 6.38. The van der Waals surface area contributed by atoms with Gasteiger partial charge < -0.3 is 15.4 Å². The standard InChI is InChI=1S/C11H20N2O2.ClH/c1-11(2,3)15-10(14)13-9-5-8-4-7(9)6-12-8;/h7-9,12H,4-6H2,1-3H3,(H,13,14);1H/t7-,8-,9-;/m0./s1. The van der Waals surface area contributed by atoms with Crippen LogP contribution >= 0.6 is 12.4 Å². The van der Waals surface area contributed by atoms with Crippen LogP contribution in [0, 0.1) is 5.92 Å². The van der Waals surface area contributed by atoms with Gasteiger partial charge in [-0.1, -0.05) is 0 Å². The van der Waals surface area contributed by atoms with Crippen molar-refractivity contribution in [3.05, 3.63) is 0 Å². The van der Waals surface area contributed by atoms with Gasteiger partial charge in [-0.2, -0.15) is 0 Å². The SMILES string of the molecule is CC(C)(C)OC(=O)N[C@H]1C[C@@H]2C[C@H]1CN2.Cl. The lowest BCUT2D eigenvalue weighted by atomic mass is 10.0. The molecule has 1 saturated heterocycles. The van der Waals surface area contributed by atoms with Gasteiger partial charge in [0.1, 0.15) is 5.60 Å². The largest absolute Gasteiger partial charge is 0.444 e. The summed E-state index contributed by atoms with van der Waals surface area (Å²) in [6, 6.07) is 0.918. The van der Waals surface area contributed by atoms with Crippen molar-refractivity contribution >= 4 is 18.5 Å². The van der Waals surface area contributed by atoms with Crippen LogP contribution in [-0.4, -0.2) is 30.3 Å². The van der Waals surface area contributed by atoms with E-state index in [0.717, 1.165) is 13.0 Å². The number of ether oxygens (including phenoxy) is 1. The van der Waals surface area contributed by atoms with E-state index in [1.54, 1.807) is 0 Å². The summed E-state index contributed by atoms with van der Waals surface area (Å²) in [4.78, 5) is 11.5. The van der Waals surface area contributed by atoms with E-state index in [1.165, 1.54) is 6.42 Å². The fourth-order valence-electron chi connectivity index (χ4n) is 2.47. The zero-order chi connectivity index (χ0) is 11.1. The molecule has 5 heteroatoms. The first kappa shape index (κ1) is 13.6. The maximum absolute atomic E-state index is 11.5. The number of hydrogen-bond acceptors (Lipinski definition) is 3. The predicted octanol–water partition coefficient (Wildman–Crippen LogP) is 1.68. The van der Waals surface area contributed by atoms with Crippen molar-refractivity contribution in [1.29, 1.82) is 0 Å². The Kier molecular flexibility index (Phi) is 4.07. The van der Waals surface area contributed by atoms with E-state index in [0.29, 0.717) is 18.0 Å². The highest BCUT2D eigenvalue weighted by atomic mass is 35.5. The number of fused-ring (bicyclic) bond motifs is 2. The minimum Gasteiger partial charge on any atom is -0.444 e. The molecule has 1 heterocycles. The zero-order valence-corrected chi connectivity index (χ0v) is 10.9. The Morgan fingerprint density at radius 2 is 2.06 bits per heavy atom. The molecule has 2 bridgehead atoms. The van der Waals surface area contributed by atoms with Gasteiger partial charge in [-0.25, -0.2) is 4.79 Å². The molecule has 0 aromatic heterocycles. The molecule has 0 unspecified atom stereocenters. The first-order valence-electron chi connectivity index (χ1n) is 5.67. The summed E-state index contributed by atoms with van der Waals surface area (Å²) in [6.45, 7) is 6.68. The van der Waals surface area contributed by atoms with Gasteiger partial charge in [0.25, 0.3) is 0 Å². The van der Waals surface area contributed by atoms with Gasteiger partial charge >= 0.3 is 6.09 Å². The Labute approximate surface area is 103 Å². The van der Waals surface area contributed by atoms with E-state index >= 15 is 0 Å². The van der Waals surface area contributed by atoms with E-state index in [-0.39, 0.29) is 18.5 Å². The van der Waals surface area contributed by atoms with Gasteiger partial charge in [-0.15, -0.1) is 12.4 Å². The number of alkyl carbamates (subject to hydrolysis) is 1. The highest BCUT2D eigenvalue weighted by Gasteiger charge is 2.40. The minimum absolute atomic E-state index is 0. The van der Waals surface area contributed by atoms with Crippen LogP contribution in [0.3, 0.4) is 0 Å². The monoisotopic (exact) mass is 248 g/mol. The molecule has 94 valence electrons. The lowest BCUT2D eigenvalue weighted by molar-refractivity contribution is 0.0490. The van der Waals surface area contributed by atoms with E-state index in [4.69, 9.17) is 4.74 Å². The summed E-state index contributed by atoms with van der Waals surface area (Å²) in [5.74, 6) is 0.600. The van der Waals surface area contributed by atoms with Crippen LogP contribution < -0.4 is 10.6 Å². The smallest absolute Gasteiger partial charge is 0.407 e. The molecule has 1 amide bonds. The summed E-state index contributed by atoms with van der Waals surface area (Å²) in [5.41, 5.74) is -0.403. The second-order valence-electron chi connectivity index (χ2n) is 5.59. The number of halogens is 1. The number of piperidine rings is 1. The molecule has 4 nitrogen and oxygen atoms in total. The van der Waals surface area contributed by atoms with Gasteiger partial charge in [-0.3, -0.25) is 0 Å². The highest BCUT2D eigenvalue weighted by molar-refractivity contribution is 5.85. The molecular formula is C11H21ClN2O2. The van der Waals surface area contributed by atoms with Crippen molar-refractivity contribution in [3.63, 3.8) is 0 Å². The molecule has 3 atom stereocenters. The topological polar surface area (TPSA) is 50.4 Å². The van der Waals surface area contributed by atoms with Gasteiger partial charge in [-0.05, 0) is 39.5 Å². The molecule has 2 rings (SSSR count). The normalized spacial score (nSPS) is 32.1. The summed E-state index contributed by atoms with van der Waals surface area (Å²) in [6.07, 6.45) is 1.96. The molecule has 0 aromatic rings. The number of carbonyl (C=O) groups excluding carboxylic acids is 1. The molecule has 2 aliphatic rings. The number of carbonyl (C=O) groups is 1. The first-order chi connectivity index (χ1) is 6.94. The third kappa shape index (κ3) is 3.25. The summed E-state index contributed by atoms with van der Waals surface area (Å²) >= 11 is 0. The predicted molar refractivity (Wildman–Crippen MR) is 64.9 cm³/mol. The van der Waals surface area contributed by atoms with Crippen LogP contribution in [0.4, 0.5) is 4.79 Å². The fraction of sp³-hybridized carbons (Fsp3) is 0.909. The molecule has 0 radical (unpaired) electrons. The van der Waals surface area contributed by atoms with Gasteiger partial charge in [0.05, 0.1) is 0 Å². The summed E-state index contributed by atoms with van der Waals surface area (Å²) in [7, 11) is 0. The maximum atomic E-state index is 11.5. The van der Waals surface area contributed by atoms with Crippen LogP contribution in [0.1, 0.15) is 33.6 Å². The summed E-state index contributed by atoms with van der Waals surface area (Å²) < 4.78 is 5.24. The number of rotatable bonds is 1. The zero-order valence-electron chi connectivity index (χ0n) is 10.1. The molecule has 0 aromatic carbocycles. The number of hydrogen-bond donors (Lipinski definition) is 2. The Balaban J connectivity index is 0.00000128. The Bertz CT molecular complexity index is 265. The van der Waals surface area contributed by atoms with Crippen molar-refractivity contribution in [2.24, 2.45) is 5.92 Å². The van der Waals surface area contributed by atoms with Crippen molar-refractivity contribution in [3.8, 4) is 0 Å². The van der Waals surface area contributed by atoms with Crippen LogP contribution in [0.5, 0.6) is 0 Å². The fourth-order valence-corrected chi connectivity index (χ4v) is 2.47. The van der Waals surface area contributed by atoms with E-state index in [9.17, 15) is 4.79 Å². The van der Waals surface area contributed by atoms with Crippen LogP contribution in [0.15, 0.2) is 0 Å². The Morgan fingerprint density at radius 1 is 1.38 bits per heavy atom. The molecular weight excluding hydrogens is 228 g/mol. The molecule has 1 aliphatic carbocycles. The Morgan fingerprint density at radius 3 is 2.50 bits per heavy atom. The van der Waals surface area contributed by atoms with E-state index in [2.05, 4.69) is 10.6 Å². The van der Waals surface area contributed by atoms with Crippen molar-refractivity contribution in [1.82, 2.24) is 10.6 Å². The van der Waals surface area contributed by atoms with Crippen LogP contribution in [0.25, 0.3) is 0 Å². The number of amides is 1. The molecule has 2 fully saturated rings. The molecule has 2 N–H and O–H groups in total. The van der Waals surface area contributed by atoms with Gasteiger partial charge in [0, 0.05) is 18.6 Å². The third-order valence-electron chi connectivity index (χ3n) is 3.07. The lowest BCUT2D eigenvalue weighted by Gasteiger charge is -2.26. The van der Waals surface area contributed by atoms with Crippen LogP contribution in [-0.2, 0) is 4.74 Å². The second-order valence-corrected chi connectivity index (χ2v) is 5.59. The van der Waals surface area contributed by atoms with E-state index < -0.39 is 5.60 Å². The highest BCUT2D eigenvalue weighted by Crippen LogP contribution is 2.31. The maximum Gasteiger partial charge on any atom is 0.407 e. The van der Waals surface area contributed by atoms with Gasteiger partial charge in [0.2, 0.25) is 0 Å². The number of nitrogens with one attached hydrogen (secondary N) is 2. The lowest BCUT2D eigenvalue weighted by Crippen LogP contribution is -2.45. The minimum atomic E-state index is -0.403. The quantitative estimate of drug-likeness (QED) is 0.743. The average Bonchev–Trinajstić information content (AvgIpc) is 2.60. The van der Waals surface area contributed by atoms with E-state index in [1.807, 2.05) is 20.8 Å². The molecule has 0 spiro atoms. The molecule has 1 saturated carbocycles. The van der Waals surface area contributed by atoms with Crippen molar-refractivity contribution < 1.29 is 9.53 Å². The average molecular weight is 249 g/mol. The second kappa shape index (κ2) is 4.80. The Hall–Kier alpha value is -0.480. The third-order valence-corrected chi connectivity index (χ3v) is 3.07. The van der Waals surface area contributed by atoms with Crippen LogP contribution in [0.2, 0.25) is 0 Å². The molecule has 16 heavy (non-hydrogen) atoms. The van der Waals surface area contributed by atoms with Crippen molar-refractivity contribution in [2.45, 2.75) is 51.3 Å². The molecule has 1 aliphatic heterocycles. The first-order valence-corrected chi connectivity index (χ1v) is 5.67. The van der Waals surface area contributed by atoms with Gasteiger partial charge in [0.15, 0.2) is 0 Å². The van der Waals surface area contributed by atoms with Crippen molar-refractivity contribution in [2.75, 3.05) is 6.54 Å².